The fourth-order valence-corrected chi connectivity index (χ4v) is 2.42. The summed E-state index contributed by atoms with van der Waals surface area (Å²) in [5, 5.41) is 12.5. The molecule has 1 amide bonds. The fraction of sp³-hybridized carbons (Fsp3) is 0.588. The van der Waals surface area contributed by atoms with Crippen LogP contribution in [0.5, 0.6) is 5.75 Å². The van der Waals surface area contributed by atoms with Gasteiger partial charge in [0.25, 0.3) is 0 Å². The van der Waals surface area contributed by atoms with E-state index in [-0.39, 0.29) is 27.0 Å². The summed E-state index contributed by atoms with van der Waals surface area (Å²) in [5.74, 6) is -0.907. The van der Waals surface area contributed by atoms with Crippen LogP contribution < -0.4 is 10.1 Å². The average molecular weight is 403 g/mol. The van der Waals surface area contributed by atoms with Crippen LogP contribution in [0.4, 0.5) is 22.0 Å². The topological polar surface area (TPSA) is 67.8 Å². The van der Waals surface area contributed by atoms with Crippen LogP contribution in [0.15, 0.2) is 24.3 Å². The Hall–Kier alpha value is -1.94. The number of halogens is 5. The molecule has 0 aliphatic rings. The Morgan fingerprint density at radius 1 is 1.30 bits per heavy atom. The first-order chi connectivity index (χ1) is 12.6. The minimum absolute atomic E-state index is 0. The van der Waals surface area contributed by atoms with Crippen LogP contribution in [0.1, 0.15) is 40.6 Å². The number of carbonyl (C=O) groups excluding carboxylic acids is 1. The Bertz CT molecular complexity index is 597. The lowest BCUT2D eigenvalue weighted by Crippen LogP contribution is -2.38. The Morgan fingerprint density at radius 3 is 2.59 bits per heavy atom. The predicted molar refractivity (Wildman–Crippen MR) is 90.6 cm³/mol. The molecule has 1 aromatic rings. The van der Waals surface area contributed by atoms with Gasteiger partial charge in [-0.25, -0.2) is 0 Å². The van der Waals surface area contributed by atoms with E-state index in [0.29, 0.717) is 0 Å². The smallest absolute Gasteiger partial charge is 0.387 e. The molecule has 0 radical (unpaired) electrons. The minimum atomic E-state index is -3.10. The monoisotopic (exact) mass is 403 g/mol. The molecule has 0 fully saturated rings. The zero-order valence-corrected chi connectivity index (χ0v) is 14.6. The van der Waals surface area contributed by atoms with Gasteiger partial charge in [0.2, 0.25) is 5.91 Å². The van der Waals surface area contributed by atoms with Gasteiger partial charge in [-0.3, -0.25) is 9.18 Å². The number of amides is 1. The van der Waals surface area contributed by atoms with Gasteiger partial charge in [-0.1, -0.05) is 12.1 Å². The third kappa shape index (κ3) is 9.53. The molecule has 2 atom stereocenters. The third-order valence-electron chi connectivity index (χ3n) is 3.60. The van der Waals surface area contributed by atoms with Crippen LogP contribution in [0.3, 0.4) is 0 Å². The molecule has 1 rings (SSSR count). The normalized spacial score (nSPS) is 14.9. The van der Waals surface area contributed by atoms with Crippen molar-refractivity contribution in [3.63, 3.8) is 0 Å². The van der Waals surface area contributed by atoms with E-state index < -0.39 is 50.5 Å². The van der Waals surface area contributed by atoms with Gasteiger partial charge >= 0.3 is 13.2 Å². The largest absolute Gasteiger partial charge is 0.435 e. The molecule has 0 bridgehead atoms. The van der Waals surface area contributed by atoms with Crippen molar-refractivity contribution in [2.45, 2.75) is 51.1 Å². The van der Waals surface area contributed by atoms with Gasteiger partial charge in [0.1, 0.15) is 5.75 Å². The first-order valence-corrected chi connectivity index (χ1v) is 8.15. The third-order valence-corrected chi connectivity index (χ3v) is 3.60. The molecule has 0 saturated carbocycles. The zero-order chi connectivity index (χ0) is 20.4. The minimum Gasteiger partial charge on any atom is -0.435 e. The number of alkyl halides is 5. The van der Waals surface area contributed by atoms with E-state index in [2.05, 4.69) is 14.8 Å². The second-order valence-electron chi connectivity index (χ2n) is 6.13. The maximum absolute atomic E-state index is 12.4. The zero-order valence-electron chi connectivity index (χ0n) is 14.6. The van der Waals surface area contributed by atoms with Gasteiger partial charge in [0, 0.05) is 2.85 Å². The highest BCUT2D eigenvalue weighted by Crippen LogP contribution is 2.23. The number of ether oxygens (including phenoxy) is 2. The average Bonchev–Trinajstić information content (AvgIpc) is 2.55. The predicted octanol–water partition coefficient (Wildman–Crippen LogP) is 4.07. The van der Waals surface area contributed by atoms with Crippen LogP contribution in [0, 0.1) is 0 Å². The van der Waals surface area contributed by atoms with Crippen molar-refractivity contribution in [3.05, 3.63) is 29.8 Å². The molecule has 2 N–H and O–H groups in total. The summed E-state index contributed by atoms with van der Waals surface area (Å²) >= 11 is 0. The van der Waals surface area contributed by atoms with Crippen molar-refractivity contribution >= 4 is 5.91 Å². The Balaban J connectivity index is 0. The number of hydrogen-bond donors (Lipinski definition) is 2. The maximum Gasteiger partial charge on any atom is 0.387 e. The Morgan fingerprint density at radius 2 is 2.00 bits per heavy atom. The number of carbonyl (C=O) groups is 1. The highest BCUT2D eigenvalue weighted by molar-refractivity contribution is 5.77. The van der Waals surface area contributed by atoms with E-state index in [0.717, 1.165) is 6.07 Å². The van der Waals surface area contributed by atoms with E-state index in [9.17, 15) is 31.9 Å². The van der Waals surface area contributed by atoms with Gasteiger partial charge in [-0.05, 0) is 37.5 Å². The van der Waals surface area contributed by atoms with Crippen LogP contribution in [-0.4, -0.2) is 43.1 Å². The summed E-state index contributed by atoms with van der Waals surface area (Å²) in [4.78, 5) is 12.2. The van der Waals surface area contributed by atoms with Crippen LogP contribution in [0.2, 0.25) is 0 Å². The second-order valence-corrected chi connectivity index (χ2v) is 6.13. The van der Waals surface area contributed by atoms with E-state index in [4.69, 9.17) is 0 Å². The van der Waals surface area contributed by atoms with E-state index >= 15 is 0 Å². The summed E-state index contributed by atoms with van der Waals surface area (Å²) in [6.45, 7) is -6.11. The lowest BCUT2D eigenvalue weighted by molar-refractivity contribution is -0.140. The molecule has 0 heterocycles. The molecule has 0 spiro atoms. The number of rotatable bonds is 12. The molecule has 0 aliphatic carbocycles. The summed E-state index contributed by atoms with van der Waals surface area (Å²) < 4.78 is 70.1. The first-order valence-electron chi connectivity index (χ1n) is 8.15. The standard InChI is InChI=1S/C17H22F5NO4.2H2/c1-17(25,6-3-7-18)9-14(24)23-13(10-26-15(19)20)11-4-2-5-12(8-11)27-16(21)22;;/h2,4-5,8,13,15-16,25H,3,6-7,9-10H2,1H3,(H,23,24);2*1H/t13-,17-;;/m0../s1. The van der Waals surface area contributed by atoms with Crippen LogP contribution in [-0.2, 0) is 9.53 Å². The van der Waals surface area contributed by atoms with Crippen molar-refractivity contribution < 1.29 is 44.2 Å². The molecule has 5 nitrogen and oxygen atoms in total. The first kappa shape index (κ1) is 23.1. The quantitative estimate of drug-likeness (QED) is 0.517. The number of nitrogens with one attached hydrogen (secondary N) is 1. The molecule has 10 heteroatoms. The van der Waals surface area contributed by atoms with Crippen molar-refractivity contribution in [1.82, 2.24) is 5.32 Å². The van der Waals surface area contributed by atoms with Crippen molar-refractivity contribution in [1.29, 1.82) is 0 Å². The molecular weight excluding hydrogens is 377 g/mol. The van der Waals surface area contributed by atoms with Crippen molar-refractivity contribution in [2.24, 2.45) is 0 Å². The summed E-state index contributed by atoms with van der Waals surface area (Å²) in [6, 6.07) is 4.08. The molecule has 158 valence electrons. The maximum atomic E-state index is 12.4. The summed E-state index contributed by atoms with van der Waals surface area (Å²) in [6.07, 6.45) is -0.302. The molecule has 0 aliphatic heterocycles. The van der Waals surface area contributed by atoms with Crippen LogP contribution in [0.25, 0.3) is 0 Å². The molecular formula is C17H26F5NO4. The van der Waals surface area contributed by atoms with Crippen LogP contribution >= 0.6 is 0 Å². The van der Waals surface area contributed by atoms with E-state index in [1.807, 2.05) is 0 Å². The highest BCUT2D eigenvalue weighted by atomic mass is 19.3. The van der Waals surface area contributed by atoms with Gasteiger partial charge in [0.05, 0.1) is 31.3 Å². The molecule has 1 aromatic carbocycles. The van der Waals surface area contributed by atoms with Gasteiger partial charge < -0.3 is 19.9 Å². The SMILES string of the molecule is C[C@](O)(CCCF)CC(=O)N[C@@H](COC(F)F)c1cccc(OC(F)F)c1.[HH].[HH]. The number of benzene rings is 1. The summed E-state index contributed by atoms with van der Waals surface area (Å²) in [5.41, 5.74) is -1.28. The lowest BCUT2D eigenvalue weighted by atomic mass is 9.95. The number of hydrogen-bond acceptors (Lipinski definition) is 4. The molecule has 27 heavy (non-hydrogen) atoms. The van der Waals surface area contributed by atoms with Gasteiger partial charge in [0.15, 0.2) is 0 Å². The molecule has 0 saturated heterocycles. The second kappa shape index (κ2) is 11.0. The van der Waals surface area contributed by atoms with Gasteiger partial charge in [-0.2, -0.15) is 17.6 Å². The summed E-state index contributed by atoms with van der Waals surface area (Å²) in [7, 11) is 0. The van der Waals surface area contributed by atoms with Gasteiger partial charge in [-0.15, -0.1) is 0 Å². The van der Waals surface area contributed by atoms with Crippen molar-refractivity contribution in [3.8, 4) is 5.75 Å². The molecule has 0 aromatic heterocycles. The fourth-order valence-electron chi connectivity index (χ4n) is 2.42. The number of aliphatic hydroxyl groups is 1. The highest BCUT2D eigenvalue weighted by Gasteiger charge is 2.26. The van der Waals surface area contributed by atoms with E-state index in [1.54, 1.807) is 0 Å². The Labute approximate surface area is 156 Å². The lowest BCUT2D eigenvalue weighted by Gasteiger charge is -2.25. The van der Waals surface area contributed by atoms with Crippen molar-refractivity contribution in [2.75, 3.05) is 13.3 Å². The Kier molecular flexibility index (Phi) is 9.44. The van der Waals surface area contributed by atoms with E-state index in [1.165, 1.54) is 25.1 Å². The molecule has 0 unspecified atom stereocenters.